The van der Waals surface area contributed by atoms with Crippen LogP contribution in [0.5, 0.6) is 0 Å². The van der Waals surface area contributed by atoms with Crippen molar-refractivity contribution in [2.24, 2.45) is 0 Å². The smallest absolute Gasteiger partial charge is 0.407 e. The lowest BCUT2D eigenvalue weighted by Crippen LogP contribution is -2.22. The van der Waals surface area contributed by atoms with Crippen molar-refractivity contribution in [2.75, 3.05) is 7.11 Å². The highest BCUT2D eigenvalue weighted by molar-refractivity contribution is 5.66. The van der Waals surface area contributed by atoms with Crippen LogP contribution in [0.4, 0.5) is 4.79 Å². The normalized spacial score (nSPS) is 9.08. The Kier molecular flexibility index (Phi) is 3.01. The van der Waals surface area contributed by atoms with Crippen LogP contribution in [0.15, 0.2) is 18.5 Å². The Morgan fingerprint density at radius 3 is 3.08 bits per heavy atom. The summed E-state index contributed by atoms with van der Waals surface area (Å²) < 4.78 is 4.39. The van der Waals surface area contributed by atoms with E-state index in [9.17, 15) is 4.79 Å². The molecule has 0 aliphatic heterocycles. The van der Waals surface area contributed by atoms with Crippen molar-refractivity contribution < 1.29 is 9.53 Å². The van der Waals surface area contributed by atoms with Gasteiger partial charge in [0, 0.05) is 12.7 Å². The molecule has 0 aliphatic rings. The van der Waals surface area contributed by atoms with E-state index >= 15 is 0 Å². The van der Waals surface area contributed by atoms with Gasteiger partial charge in [0.05, 0.1) is 13.3 Å². The Morgan fingerprint density at radius 1 is 1.67 bits per heavy atom. The minimum absolute atomic E-state index is 0.405. The summed E-state index contributed by atoms with van der Waals surface area (Å²) in [7, 11) is 1.32. The number of aromatic nitrogens is 2. The van der Waals surface area contributed by atoms with Crippen LogP contribution in [0.1, 0.15) is 5.56 Å². The molecular weight excluding hydrogens is 158 g/mol. The van der Waals surface area contributed by atoms with E-state index in [0.29, 0.717) is 6.54 Å². The van der Waals surface area contributed by atoms with Gasteiger partial charge < -0.3 is 10.1 Å². The predicted molar refractivity (Wildman–Crippen MR) is 41.3 cm³/mol. The quantitative estimate of drug-likeness (QED) is 0.689. The number of hydrogen-bond donors (Lipinski definition) is 1. The molecule has 0 fully saturated rings. The van der Waals surface area contributed by atoms with E-state index < -0.39 is 6.09 Å². The van der Waals surface area contributed by atoms with Crippen molar-refractivity contribution in [1.29, 1.82) is 0 Å². The van der Waals surface area contributed by atoms with Crippen molar-refractivity contribution in [3.8, 4) is 0 Å². The van der Waals surface area contributed by atoms with Gasteiger partial charge in [-0.05, 0) is 11.6 Å². The summed E-state index contributed by atoms with van der Waals surface area (Å²) in [6.45, 7) is 0.405. The lowest BCUT2D eigenvalue weighted by atomic mass is 10.3. The number of carbonyl (C=O) groups is 1. The topological polar surface area (TPSA) is 64.1 Å². The SMILES string of the molecule is COC(=O)NCc1ccnnc1. The van der Waals surface area contributed by atoms with E-state index in [0.717, 1.165) is 5.56 Å². The maximum Gasteiger partial charge on any atom is 0.407 e. The summed E-state index contributed by atoms with van der Waals surface area (Å²) in [5, 5.41) is 9.76. The molecule has 1 rings (SSSR count). The van der Waals surface area contributed by atoms with Crippen LogP contribution in [0.25, 0.3) is 0 Å². The van der Waals surface area contributed by atoms with Crippen LogP contribution < -0.4 is 5.32 Å². The van der Waals surface area contributed by atoms with Gasteiger partial charge in [-0.3, -0.25) is 0 Å². The van der Waals surface area contributed by atoms with E-state index in [-0.39, 0.29) is 0 Å². The molecule has 5 heteroatoms. The van der Waals surface area contributed by atoms with Gasteiger partial charge in [0.15, 0.2) is 0 Å². The first-order valence-electron chi connectivity index (χ1n) is 3.40. The van der Waals surface area contributed by atoms with Gasteiger partial charge in [0.1, 0.15) is 0 Å². The first kappa shape index (κ1) is 8.45. The number of alkyl carbamates (subject to hydrolysis) is 1. The Balaban J connectivity index is 2.38. The lowest BCUT2D eigenvalue weighted by molar-refractivity contribution is 0.170. The molecule has 5 nitrogen and oxygen atoms in total. The number of nitrogens with one attached hydrogen (secondary N) is 1. The second-order valence-corrected chi connectivity index (χ2v) is 2.10. The minimum atomic E-state index is -0.452. The summed E-state index contributed by atoms with van der Waals surface area (Å²) in [5.41, 5.74) is 0.885. The molecule has 0 spiro atoms. The van der Waals surface area contributed by atoms with Gasteiger partial charge in [-0.15, -0.1) is 0 Å². The van der Waals surface area contributed by atoms with E-state index in [1.807, 2.05) is 0 Å². The zero-order chi connectivity index (χ0) is 8.81. The second-order valence-electron chi connectivity index (χ2n) is 2.10. The molecule has 0 aromatic carbocycles. The van der Waals surface area contributed by atoms with Crippen molar-refractivity contribution in [1.82, 2.24) is 15.5 Å². The average Bonchev–Trinajstić information content (AvgIpc) is 2.16. The molecule has 0 aliphatic carbocycles. The van der Waals surface area contributed by atoms with Gasteiger partial charge in [0.25, 0.3) is 0 Å². The fourth-order valence-electron chi connectivity index (χ4n) is 0.669. The van der Waals surface area contributed by atoms with Gasteiger partial charge >= 0.3 is 6.09 Å². The molecule has 1 amide bonds. The highest BCUT2D eigenvalue weighted by Gasteiger charge is 1.97. The molecule has 0 saturated carbocycles. The monoisotopic (exact) mass is 167 g/mol. The number of rotatable bonds is 2. The summed E-state index contributed by atoms with van der Waals surface area (Å²) in [4.78, 5) is 10.6. The van der Waals surface area contributed by atoms with Gasteiger partial charge in [-0.2, -0.15) is 10.2 Å². The second kappa shape index (κ2) is 4.27. The third kappa shape index (κ3) is 2.53. The highest BCUT2D eigenvalue weighted by Crippen LogP contribution is 1.92. The molecule has 1 aromatic rings. The Morgan fingerprint density at radius 2 is 2.50 bits per heavy atom. The molecule has 0 unspecified atom stereocenters. The van der Waals surface area contributed by atoms with Crippen molar-refractivity contribution in [2.45, 2.75) is 6.54 Å². The van der Waals surface area contributed by atoms with Gasteiger partial charge in [-0.25, -0.2) is 4.79 Å². The molecule has 0 atom stereocenters. The first-order valence-corrected chi connectivity index (χ1v) is 3.40. The number of methoxy groups -OCH3 is 1. The summed E-state index contributed by atoms with van der Waals surface area (Å²) in [5.74, 6) is 0. The van der Waals surface area contributed by atoms with Crippen LogP contribution in [-0.2, 0) is 11.3 Å². The zero-order valence-corrected chi connectivity index (χ0v) is 6.65. The van der Waals surface area contributed by atoms with E-state index in [1.54, 1.807) is 18.5 Å². The number of hydrogen-bond acceptors (Lipinski definition) is 4. The summed E-state index contributed by atoms with van der Waals surface area (Å²) >= 11 is 0. The molecule has 1 heterocycles. The molecule has 1 aromatic heterocycles. The van der Waals surface area contributed by atoms with Crippen LogP contribution in [0.2, 0.25) is 0 Å². The highest BCUT2D eigenvalue weighted by atomic mass is 16.5. The molecule has 0 bridgehead atoms. The lowest BCUT2D eigenvalue weighted by Gasteiger charge is -2.01. The molecular formula is C7H9N3O2. The van der Waals surface area contributed by atoms with Crippen LogP contribution >= 0.6 is 0 Å². The molecule has 0 saturated heterocycles. The average molecular weight is 167 g/mol. The minimum Gasteiger partial charge on any atom is -0.453 e. The number of amides is 1. The first-order chi connectivity index (χ1) is 5.83. The maximum atomic E-state index is 10.6. The number of nitrogens with zero attached hydrogens (tertiary/aromatic N) is 2. The third-order valence-electron chi connectivity index (χ3n) is 1.27. The van der Waals surface area contributed by atoms with Crippen molar-refractivity contribution in [3.05, 3.63) is 24.0 Å². The fourth-order valence-corrected chi connectivity index (χ4v) is 0.669. The summed E-state index contributed by atoms with van der Waals surface area (Å²) in [6.07, 6.45) is 2.69. The van der Waals surface area contributed by atoms with E-state index in [2.05, 4.69) is 20.3 Å². The summed E-state index contributed by atoms with van der Waals surface area (Å²) in [6, 6.07) is 1.77. The van der Waals surface area contributed by atoms with Crippen LogP contribution in [-0.4, -0.2) is 23.4 Å². The molecule has 12 heavy (non-hydrogen) atoms. The molecule has 1 N–H and O–H groups in total. The van der Waals surface area contributed by atoms with Gasteiger partial charge in [-0.1, -0.05) is 0 Å². The number of ether oxygens (including phenoxy) is 1. The fraction of sp³-hybridized carbons (Fsp3) is 0.286. The Bertz CT molecular complexity index is 250. The van der Waals surface area contributed by atoms with Crippen LogP contribution in [0, 0.1) is 0 Å². The largest absolute Gasteiger partial charge is 0.453 e. The molecule has 0 radical (unpaired) electrons. The number of carbonyl (C=O) groups excluding carboxylic acids is 1. The predicted octanol–water partition coefficient (Wildman–Crippen LogP) is 0.333. The zero-order valence-electron chi connectivity index (χ0n) is 6.65. The maximum absolute atomic E-state index is 10.6. The van der Waals surface area contributed by atoms with E-state index in [4.69, 9.17) is 0 Å². The standard InChI is InChI=1S/C7H9N3O2/c1-12-7(11)8-4-6-2-3-9-10-5-6/h2-3,5H,4H2,1H3,(H,8,11). The van der Waals surface area contributed by atoms with E-state index in [1.165, 1.54) is 7.11 Å². The van der Waals surface area contributed by atoms with Crippen LogP contribution in [0.3, 0.4) is 0 Å². The Labute approximate surface area is 69.8 Å². The van der Waals surface area contributed by atoms with Crippen molar-refractivity contribution >= 4 is 6.09 Å². The Hall–Kier alpha value is -1.65. The van der Waals surface area contributed by atoms with Crippen molar-refractivity contribution in [3.63, 3.8) is 0 Å². The third-order valence-corrected chi connectivity index (χ3v) is 1.27. The van der Waals surface area contributed by atoms with Gasteiger partial charge in [0.2, 0.25) is 0 Å². The molecule has 64 valence electrons.